The second-order valence-corrected chi connectivity index (χ2v) is 5.60. The van der Waals surface area contributed by atoms with E-state index in [2.05, 4.69) is 20.3 Å². The highest BCUT2D eigenvalue weighted by atomic mass is 19.3. The molecule has 0 aliphatic heterocycles. The van der Waals surface area contributed by atoms with Crippen LogP contribution >= 0.6 is 0 Å². The Hall–Kier alpha value is -2.48. The molecule has 0 spiro atoms. The molecular weight excluding hydrogens is 332 g/mol. The summed E-state index contributed by atoms with van der Waals surface area (Å²) in [6.45, 7) is 2.13. The first-order valence-corrected chi connectivity index (χ1v) is 7.96. The fourth-order valence-electron chi connectivity index (χ4n) is 2.08. The standard InChI is InChI=1S/C17H21F2N3O3/c1-11(2)24-9-3-8-20-16(23)15-10-14(21-22-15)12-4-6-13(7-5-12)25-17(18)19/h4-7,10-11,17H,3,8-9H2,1-2H3,(H,20,23)(H,21,22). The van der Waals surface area contributed by atoms with Gasteiger partial charge in [-0.1, -0.05) is 0 Å². The average molecular weight is 353 g/mol. The smallest absolute Gasteiger partial charge is 0.387 e. The number of rotatable bonds is 9. The fourth-order valence-corrected chi connectivity index (χ4v) is 2.08. The molecule has 6 nitrogen and oxygen atoms in total. The first kappa shape index (κ1) is 18.9. The lowest BCUT2D eigenvalue weighted by molar-refractivity contribution is -0.0498. The van der Waals surface area contributed by atoms with Crippen molar-refractivity contribution < 1.29 is 23.0 Å². The van der Waals surface area contributed by atoms with Gasteiger partial charge in [0.1, 0.15) is 11.4 Å². The molecule has 2 N–H and O–H groups in total. The lowest BCUT2D eigenvalue weighted by atomic mass is 10.1. The first-order valence-electron chi connectivity index (χ1n) is 7.96. The number of carbonyl (C=O) groups excluding carboxylic acids is 1. The predicted molar refractivity (Wildman–Crippen MR) is 88.7 cm³/mol. The third-order valence-electron chi connectivity index (χ3n) is 3.26. The van der Waals surface area contributed by atoms with Crippen molar-refractivity contribution in [3.63, 3.8) is 0 Å². The summed E-state index contributed by atoms with van der Waals surface area (Å²) in [4.78, 5) is 12.0. The van der Waals surface area contributed by atoms with Gasteiger partial charge < -0.3 is 14.8 Å². The van der Waals surface area contributed by atoms with Gasteiger partial charge in [0.05, 0.1) is 11.8 Å². The van der Waals surface area contributed by atoms with Crippen molar-refractivity contribution in [3.8, 4) is 17.0 Å². The molecule has 2 aromatic rings. The monoisotopic (exact) mass is 353 g/mol. The van der Waals surface area contributed by atoms with E-state index in [0.29, 0.717) is 30.1 Å². The Kier molecular flexibility index (Phi) is 6.88. The topological polar surface area (TPSA) is 76.2 Å². The zero-order valence-corrected chi connectivity index (χ0v) is 14.1. The van der Waals surface area contributed by atoms with E-state index >= 15 is 0 Å². The lowest BCUT2D eigenvalue weighted by Gasteiger charge is -2.07. The van der Waals surface area contributed by atoms with Crippen LogP contribution in [0.4, 0.5) is 8.78 Å². The molecule has 0 fully saturated rings. The summed E-state index contributed by atoms with van der Waals surface area (Å²) < 4.78 is 34.0. The molecule has 0 aliphatic carbocycles. The van der Waals surface area contributed by atoms with Crippen molar-refractivity contribution in [1.82, 2.24) is 15.5 Å². The number of hydrogen-bond donors (Lipinski definition) is 2. The highest BCUT2D eigenvalue weighted by molar-refractivity contribution is 5.93. The normalized spacial score (nSPS) is 11.1. The third-order valence-corrected chi connectivity index (χ3v) is 3.26. The van der Waals surface area contributed by atoms with E-state index in [1.165, 1.54) is 12.1 Å². The van der Waals surface area contributed by atoms with Crippen LogP contribution in [-0.4, -0.2) is 42.0 Å². The van der Waals surface area contributed by atoms with Gasteiger partial charge in [-0.2, -0.15) is 13.9 Å². The zero-order valence-electron chi connectivity index (χ0n) is 14.1. The minimum Gasteiger partial charge on any atom is -0.435 e. The van der Waals surface area contributed by atoms with Gasteiger partial charge in [0.2, 0.25) is 0 Å². The van der Waals surface area contributed by atoms with Crippen LogP contribution in [0.25, 0.3) is 11.3 Å². The van der Waals surface area contributed by atoms with Crippen LogP contribution < -0.4 is 10.1 Å². The maximum atomic E-state index is 12.1. The predicted octanol–water partition coefficient (Wildman–Crippen LogP) is 3.22. The number of ether oxygens (including phenoxy) is 2. The van der Waals surface area contributed by atoms with Crippen molar-refractivity contribution in [2.24, 2.45) is 0 Å². The summed E-state index contributed by atoms with van der Waals surface area (Å²) in [7, 11) is 0. The summed E-state index contributed by atoms with van der Waals surface area (Å²) in [6.07, 6.45) is 0.889. The number of hydrogen-bond acceptors (Lipinski definition) is 4. The summed E-state index contributed by atoms with van der Waals surface area (Å²) in [5, 5.41) is 9.51. The number of nitrogens with one attached hydrogen (secondary N) is 2. The van der Waals surface area contributed by atoms with Crippen LogP contribution in [0.3, 0.4) is 0 Å². The second kappa shape index (κ2) is 9.12. The second-order valence-electron chi connectivity index (χ2n) is 5.60. The fraction of sp³-hybridized carbons (Fsp3) is 0.412. The largest absolute Gasteiger partial charge is 0.435 e. The zero-order chi connectivity index (χ0) is 18.2. The van der Waals surface area contributed by atoms with Crippen molar-refractivity contribution in [3.05, 3.63) is 36.0 Å². The van der Waals surface area contributed by atoms with E-state index < -0.39 is 6.61 Å². The van der Waals surface area contributed by atoms with E-state index in [1.54, 1.807) is 18.2 Å². The highest BCUT2D eigenvalue weighted by Gasteiger charge is 2.11. The minimum absolute atomic E-state index is 0.0656. The molecular formula is C17H21F2N3O3. The van der Waals surface area contributed by atoms with Gasteiger partial charge in [-0.15, -0.1) is 0 Å². The summed E-state index contributed by atoms with van der Waals surface area (Å²) in [6, 6.07) is 7.63. The number of alkyl halides is 2. The molecule has 0 saturated heterocycles. The van der Waals surface area contributed by atoms with Crippen LogP contribution in [0.15, 0.2) is 30.3 Å². The molecule has 0 atom stereocenters. The maximum absolute atomic E-state index is 12.1. The van der Waals surface area contributed by atoms with Gasteiger partial charge in [-0.25, -0.2) is 0 Å². The van der Waals surface area contributed by atoms with Crippen LogP contribution in [0.2, 0.25) is 0 Å². The molecule has 0 aliphatic rings. The van der Waals surface area contributed by atoms with Crippen molar-refractivity contribution in [2.45, 2.75) is 33.0 Å². The Morgan fingerprint density at radius 3 is 2.64 bits per heavy atom. The molecule has 1 heterocycles. The van der Waals surface area contributed by atoms with E-state index in [9.17, 15) is 13.6 Å². The van der Waals surface area contributed by atoms with Crippen LogP contribution in [0.1, 0.15) is 30.8 Å². The molecule has 136 valence electrons. The first-order chi connectivity index (χ1) is 12.0. The number of halogens is 2. The van der Waals surface area contributed by atoms with Gasteiger partial charge in [0.25, 0.3) is 5.91 Å². The molecule has 1 aromatic carbocycles. The molecule has 0 bridgehead atoms. The van der Waals surface area contributed by atoms with Gasteiger partial charge in [0, 0.05) is 18.7 Å². The summed E-state index contributed by atoms with van der Waals surface area (Å²) >= 11 is 0. The SMILES string of the molecule is CC(C)OCCCNC(=O)c1cc(-c2ccc(OC(F)F)cc2)n[nH]1. The van der Waals surface area contributed by atoms with Crippen LogP contribution in [0, 0.1) is 0 Å². The van der Waals surface area contributed by atoms with E-state index in [0.717, 1.165) is 6.42 Å². The number of H-pyrrole nitrogens is 1. The Bertz CT molecular complexity index is 672. The highest BCUT2D eigenvalue weighted by Crippen LogP contribution is 2.22. The number of benzene rings is 1. The summed E-state index contributed by atoms with van der Waals surface area (Å²) in [5.74, 6) is -0.197. The number of aromatic nitrogens is 2. The molecule has 25 heavy (non-hydrogen) atoms. The van der Waals surface area contributed by atoms with Crippen LogP contribution in [0.5, 0.6) is 5.75 Å². The van der Waals surface area contributed by atoms with Crippen molar-refractivity contribution >= 4 is 5.91 Å². The molecule has 1 amide bonds. The number of amides is 1. The lowest BCUT2D eigenvalue weighted by Crippen LogP contribution is -2.25. The van der Waals surface area contributed by atoms with E-state index in [-0.39, 0.29) is 17.8 Å². The quantitative estimate of drug-likeness (QED) is 0.679. The molecule has 0 unspecified atom stereocenters. The van der Waals surface area contributed by atoms with Gasteiger partial charge in [-0.3, -0.25) is 9.89 Å². The van der Waals surface area contributed by atoms with Gasteiger partial charge >= 0.3 is 6.61 Å². The van der Waals surface area contributed by atoms with E-state index in [4.69, 9.17) is 4.74 Å². The Morgan fingerprint density at radius 2 is 2.00 bits per heavy atom. The molecule has 1 aromatic heterocycles. The Balaban J connectivity index is 1.87. The Morgan fingerprint density at radius 1 is 1.28 bits per heavy atom. The van der Waals surface area contributed by atoms with Crippen molar-refractivity contribution in [1.29, 1.82) is 0 Å². The molecule has 2 rings (SSSR count). The molecule has 0 radical (unpaired) electrons. The minimum atomic E-state index is -2.86. The maximum Gasteiger partial charge on any atom is 0.387 e. The van der Waals surface area contributed by atoms with Gasteiger partial charge in [0.15, 0.2) is 0 Å². The average Bonchev–Trinajstić information content (AvgIpc) is 3.04. The number of aromatic amines is 1. The Labute approximate surface area is 144 Å². The van der Waals surface area contributed by atoms with E-state index in [1.807, 2.05) is 13.8 Å². The van der Waals surface area contributed by atoms with Gasteiger partial charge in [-0.05, 0) is 50.6 Å². The molecule has 8 heteroatoms. The van der Waals surface area contributed by atoms with Crippen LogP contribution in [-0.2, 0) is 4.74 Å². The summed E-state index contributed by atoms with van der Waals surface area (Å²) in [5.41, 5.74) is 1.55. The number of nitrogens with zero attached hydrogens (tertiary/aromatic N) is 1. The van der Waals surface area contributed by atoms with Crippen molar-refractivity contribution in [2.75, 3.05) is 13.2 Å². The molecule has 0 saturated carbocycles. The third kappa shape index (κ3) is 6.15. The number of carbonyl (C=O) groups is 1.